The Morgan fingerprint density at radius 3 is 2.33 bits per heavy atom. The molecule has 0 saturated heterocycles. The summed E-state index contributed by atoms with van der Waals surface area (Å²) >= 11 is 0. The second-order valence-electron chi connectivity index (χ2n) is 4.66. The van der Waals surface area contributed by atoms with Gasteiger partial charge < -0.3 is 14.8 Å². The number of hydrogen-bond acceptors (Lipinski definition) is 3. The lowest BCUT2D eigenvalue weighted by Gasteiger charge is -2.12. The van der Waals surface area contributed by atoms with Crippen molar-refractivity contribution in [2.24, 2.45) is 5.92 Å². The Labute approximate surface area is 110 Å². The van der Waals surface area contributed by atoms with Crippen LogP contribution in [0, 0.1) is 5.92 Å². The standard InChI is InChI=1S/C15H25NO2/c1-4-17-14-7-5-6-8-15(14)18-12-11-16-10-9-13(2)3/h5-8,13,16H,4,9-12H2,1-3H3. The van der Waals surface area contributed by atoms with E-state index >= 15 is 0 Å². The first-order valence-electron chi connectivity index (χ1n) is 6.79. The van der Waals surface area contributed by atoms with Crippen molar-refractivity contribution in [1.82, 2.24) is 5.32 Å². The molecule has 18 heavy (non-hydrogen) atoms. The van der Waals surface area contributed by atoms with Gasteiger partial charge >= 0.3 is 0 Å². The van der Waals surface area contributed by atoms with Gasteiger partial charge in [0, 0.05) is 6.54 Å². The highest BCUT2D eigenvalue weighted by molar-refractivity contribution is 5.39. The first-order chi connectivity index (χ1) is 8.74. The molecule has 0 bridgehead atoms. The Bertz CT molecular complexity index is 326. The molecule has 3 nitrogen and oxygen atoms in total. The van der Waals surface area contributed by atoms with Crippen molar-refractivity contribution >= 4 is 0 Å². The average molecular weight is 251 g/mol. The van der Waals surface area contributed by atoms with E-state index < -0.39 is 0 Å². The molecule has 1 N–H and O–H groups in total. The second-order valence-corrected chi connectivity index (χ2v) is 4.66. The zero-order valence-corrected chi connectivity index (χ0v) is 11.7. The lowest BCUT2D eigenvalue weighted by atomic mass is 10.1. The second kappa shape index (κ2) is 8.81. The van der Waals surface area contributed by atoms with E-state index in [-0.39, 0.29) is 0 Å². The number of nitrogens with one attached hydrogen (secondary N) is 1. The van der Waals surface area contributed by atoms with Gasteiger partial charge in [-0.3, -0.25) is 0 Å². The molecule has 0 aliphatic rings. The Hall–Kier alpha value is -1.22. The summed E-state index contributed by atoms with van der Waals surface area (Å²) in [7, 11) is 0. The predicted molar refractivity (Wildman–Crippen MR) is 75.4 cm³/mol. The van der Waals surface area contributed by atoms with E-state index in [9.17, 15) is 0 Å². The third kappa shape index (κ3) is 5.92. The quantitative estimate of drug-likeness (QED) is 0.684. The van der Waals surface area contributed by atoms with E-state index in [2.05, 4.69) is 19.2 Å². The van der Waals surface area contributed by atoms with Crippen LogP contribution >= 0.6 is 0 Å². The number of hydrogen-bond donors (Lipinski definition) is 1. The summed E-state index contributed by atoms with van der Waals surface area (Å²) in [5, 5.41) is 3.37. The van der Waals surface area contributed by atoms with Gasteiger partial charge in [-0.15, -0.1) is 0 Å². The first-order valence-corrected chi connectivity index (χ1v) is 6.79. The lowest BCUT2D eigenvalue weighted by Crippen LogP contribution is -2.23. The minimum Gasteiger partial charge on any atom is -0.490 e. The summed E-state index contributed by atoms with van der Waals surface area (Å²) < 4.78 is 11.2. The maximum atomic E-state index is 5.71. The van der Waals surface area contributed by atoms with E-state index in [4.69, 9.17) is 9.47 Å². The van der Waals surface area contributed by atoms with Crippen LogP contribution in [0.5, 0.6) is 11.5 Å². The minimum atomic E-state index is 0.660. The van der Waals surface area contributed by atoms with Crippen LogP contribution < -0.4 is 14.8 Å². The molecule has 1 aromatic rings. The van der Waals surface area contributed by atoms with Crippen LogP contribution in [-0.2, 0) is 0 Å². The van der Waals surface area contributed by atoms with Gasteiger partial charge in [0.1, 0.15) is 6.61 Å². The molecule has 0 aliphatic carbocycles. The fourth-order valence-corrected chi connectivity index (χ4v) is 1.59. The third-order valence-corrected chi connectivity index (χ3v) is 2.58. The first kappa shape index (κ1) is 14.8. The molecule has 0 radical (unpaired) electrons. The maximum absolute atomic E-state index is 5.71. The van der Waals surface area contributed by atoms with Gasteiger partial charge in [-0.05, 0) is 37.9 Å². The Kier molecular flexibility index (Phi) is 7.26. The average Bonchev–Trinajstić information content (AvgIpc) is 2.35. The molecule has 0 aromatic heterocycles. The van der Waals surface area contributed by atoms with Crippen LogP contribution in [0.15, 0.2) is 24.3 Å². The van der Waals surface area contributed by atoms with Crippen molar-refractivity contribution in [1.29, 1.82) is 0 Å². The SMILES string of the molecule is CCOc1ccccc1OCCNCCC(C)C. The predicted octanol–water partition coefficient (Wildman–Crippen LogP) is 3.10. The Morgan fingerprint density at radius 2 is 1.72 bits per heavy atom. The molecule has 0 heterocycles. The van der Waals surface area contributed by atoms with Gasteiger partial charge in [0.25, 0.3) is 0 Å². The fourth-order valence-electron chi connectivity index (χ4n) is 1.59. The number of para-hydroxylation sites is 2. The summed E-state index contributed by atoms with van der Waals surface area (Å²) in [6, 6.07) is 7.80. The number of benzene rings is 1. The Balaban J connectivity index is 2.22. The molecule has 0 fully saturated rings. The smallest absolute Gasteiger partial charge is 0.161 e. The largest absolute Gasteiger partial charge is 0.490 e. The molecule has 0 unspecified atom stereocenters. The van der Waals surface area contributed by atoms with E-state index in [1.165, 1.54) is 6.42 Å². The summed E-state index contributed by atoms with van der Waals surface area (Å²) in [6.07, 6.45) is 1.20. The van der Waals surface area contributed by atoms with Crippen LogP contribution in [0.2, 0.25) is 0 Å². The fraction of sp³-hybridized carbons (Fsp3) is 0.600. The van der Waals surface area contributed by atoms with Gasteiger partial charge in [-0.1, -0.05) is 26.0 Å². The van der Waals surface area contributed by atoms with Gasteiger partial charge in [0.2, 0.25) is 0 Å². The number of ether oxygens (including phenoxy) is 2. The zero-order chi connectivity index (χ0) is 13.2. The highest BCUT2D eigenvalue weighted by atomic mass is 16.5. The molecule has 0 aliphatic heterocycles. The van der Waals surface area contributed by atoms with Crippen molar-refractivity contribution in [3.8, 4) is 11.5 Å². The van der Waals surface area contributed by atoms with Gasteiger partial charge in [-0.2, -0.15) is 0 Å². The van der Waals surface area contributed by atoms with Crippen LogP contribution in [0.1, 0.15) is 27.2 Å². The van der Waals surface area contributed by atoms with Crippen molar-refractivity contribution in [2.45, 2.75) is 27.2 Å². The molecule has 0 spiro atoms. The summed E-state index contributed by atoms with van der Waals surface area (Å²) in [5.74, 6) is 2.39. The molecule has 1 rings (SSSR count). The highest BCUT2D eigenvalue weighted by Gasteiger charge is 2.02. The van der Waals surface area contributed by atoms with Crippen LogP contribution in [0.4, 0.5) is 0 Å². The normalized spacial score (nSPS) is 10.7. The molecule has 0 amide bonds. The molecular formula is C15H25NO2. The van der Waals surface area contributed by atoms with Crippen molar-refractivity contribution in [3.05, 3.63) is 24.3 Å². The van der Waals surface area contributed by atoms with E-state index in [0.29, 0.717) is 13.2 Å². The highest BCUT2D eigenvalue weighted by Crippen LogP contribution is 2.25. The summed E-state index contributed by atoms with van der Waals surface area (Å²) in [6.45, 7) is 9.69. The summed E-state index contributed by atoms with van der Waals surface area (Å²) in [5.41, 5.74) is 0. The van der Waals surface area contributed by atoms with E-state index in [0.717, 1.165) is 30.5 Å². The Morgan fingerprint density at radius 1 is 1.06 bits per heavy atom. The maximum Gasteiger partial charge on any atom is 0.161 e. The molecule has 3 heteroatoms. The van der Waals surface area contributed by atoms with E-state index in [1.54, 1.807) is 0 Å². The van der Waals surface area contributed by atoms with Crippen LogP contribution in [0.3, 0.4) is 0 Å². The van der Waals surface area contributed by atoms with E-state index in [1.807, 2.05) is 31.2 Å². The van der Waals surface area contributed by atoms with Gasteiger partial charge in [0.05, 0.1) is 6.61 Å². The van der Waals surface area contributed by atoms with Crippen LogP contribution in [0.25, 0.3) is 0 Å². The molecule has 0 saturated carbocycles. The lowest BCUT2D eigenvalue weighted by molar-refractivity contribution is 0.275. The van der Waals surface area contributed by atoms with Crippen molar-refractivity contribution in [2.75, 3.05) is 26.3 Å². The van der Waals surface area contributed by atoms with Gasteiger partial charge in [-0.25, -0.2) is 0 Å². The molecule has 102 valence electrons. The molecule has 0 atom stereocenters. The van der Waals surface area contributed by atoms with Crippen molar-refractivity contribution in [3.63, 3.8) is 0 Å². The minimum absolute atomic E-state index is 0.660. The monoisotopic (exact) mass is 251 g/mol. The number of rotatable bonds is 9. The van der Waals surface area contributed by atoms with Gasteiger partial charge in [0.15, 0.2) is 11.5 Å². The molecular weight excluding hydrogens is 226 g/mol. The topological polar surface area (TPSA) is 30.5 Å². The summed E-state index contributed by atoms with van der Waals surface area (Å²) in [4.78, 5) is 0. The zero-order valence-electron chi connectivity index (χ0n) is 11.7. The third-order valence-electron chi connectivity index (χ3n) is 2.58. The van der Waals surface area contributed by atoms with Crippen LogP contribution in [-0.4, -0.2) is 26.3 Å². The van der Waals surface area contributed by atoms with Crippen molar-refractivity contribution < 1.29 is 9.47 Å². The molecule has 1 aromatic carbocycles.